The maximum Gasteiger partial charge on any atom is 0.321 e. The highest BCUT2D eigenvalue weighted by atomic mass is 35.5. The predicted molar refractivity (Wildman–Crippen MR) is 100 cm³/mol. The Labute approximate surface area is 154 Å². The molecule has 0 saturated heterocycles. The van der Waals surface area contributed by atoms with E-state index in [1.807, 2.05) is 19.1 Å². The number of hydrogen-bond acceptors (Lipinski definition) is 3. The zero-order chi connectivity index (χ0) is 18.4. The van der Waals surface area contributed by atoms with Crippen LogP contribution in [0.2, 0.25) is 5.02 Å². The lowest BCUT2D eigenvalue weighted by molar-refractivity contribution is -0.144. The molecule has 0 N–H and O–H groups in total. The van der Waals surface area contributed by atoms with Crippen LogP contribution in [0, 0.1) is 12.8 Å². The fourth-order valence-corrected chi connectivity index (χ4v) is 2.92. The molecule has 1 unspecified atom stereocenters. The molecule has 0 aliphatic rings. The lowest BCUT2D eigenvalue weighted by Gasteiger charge is -2.18. The monoisotopic (exact) mass is 358 g/mol. The van der Waals surface area contributed by atoms with Crippen molar-refractivity contribution in [2.45, 2.75) is 33.1 Å². The van der Waals surface area contributed by atoms with Gasteiger partial charge in [0.1, 0.15) is 5.92 Å². The van der Waals surface area contributed by atoms with Gasteiger partial charge in [0, 0.05) is 5.56 Å². The van der Waals surface area contributed by atoms with Gasteiger partial charge in [0.2, 0.25) is 0 Å². The Morgan fingerprint density at radius 2 is 1.72 bits per heavy atom. The molecule has 3 nitrogen and oxygen atoms in total. The number of carbonyl (C=O) groups excluding carboxylic acids is 2. The minimum absolute atomic E-state index is 0.300. The Kier molecular flexibility index (Phi) is 6.77. The average molecular weight is 359 g/mol. The van der Waals surface area contributed by atoms with Gasteiger partial charge in [-0.2, -0.15) is 0 Å². The largest absolute Gasteiger partial charge is 0.465 e. The van der Waals surface area contributed by atoms with Crippen molar-refractivity contribution in [1.82, 2.24) is 0 Å². The van der Waals surface area contributed by atoms with Gasteiger partial charge < -0.3 is 4.74 Å². The molecular weight excluding hydrogens is 336 g/mol. The number of ketones is 1. The van der Waals surface area contributed by atoms with Crippen molar-refractivity contribution in [3.63, 3.8) is 0 Å². The lowest BCUT2D eigenvalue weighted by atomic mass is 9.89. The van der Waals surface area contributed by atoms with E-state index in [-0.39, 0.29) is 5.78 Å². The van der Waals surface area contributed by atoms with Crippen LogP contribution in [0.15, 0.2) is 48.5 Å². The van der Waals surface area contributed by atoms with Crippen molar-refractivity contribution in [2.75, 3.05) is 6.61 Å². The minimum Gasteiger partial charge on any atom is -0.465 e. The summed E-state index contributed by atoms with van der Waals surface area (Å²) in [4.78, 5) is 25.8. The van der Waals surface area contributed by atoms with Gasteiger partial charge in [0.25, 0.3) is 0 Å². The molecule has 132 valence electrons. The van der Waals surface area contributed by atoms with Crippen LogP contribution in [0.3, 0.4) is 0 Å². The van der Waals surface area contributed by atoms with E-state index >= 15 is 0 Å². The Balaban J connectivity index is 2.35. The van der Waals surface area contributed by atoms with Crippen molar-refractivity contribution >= 4 is 23.4 Å². The highest BCUT2D eigenvalue weighted by Gasteiger charge is 2.32. The van der Waals surface area contributed by atoms with E-state index in [4.69, 9.17) is 16.3 Å². The van der Waals surface area contributed by atoms with E-state index in [0.717, 1.165) is 12.0 Å². The molecule has 25 heavy (non-hydrogen) atoms. The quantitative estimate of drug-likeness (QED) is 0.388. The maximum absolute atomic E-state index is 13.1. The Morgan fingerprint density at radius 3 is 2.32 bits per heavy atom. The van der Waals surface area contributed by atoms with Crippen molar-refractivity contribution in [3.8, 4) is 0 Å². The first-order valence-electron chi connectivity index (χ1n) is 8.42. The van der Waals surface area contributed by atoms with E-state index in [9.17, 15) is 9.59 Å². The smallest absolute Gasteiger partial charge is 0.321 e. The number of halogens is 1. The number of aryl methyl sites for hydroxylation is 1. The third-order valence-electron chi connectivity index (χ3n) is 4.04. The highest BCUT2D eigenvalue weighted by Crippen LogP contribution is 2.28. The van der Waals surface area contributed by atoms with Gasteiger partial charge in [0.15, 0.2) is 5.78 Å². The SMILES string of the molecule is Cc1cccc(Cl)c1C(=O)C(C(=O)OCCC(C)C)c1ccccc1. The number of Topliss-reactive ketones (excluding diaryl/α,β-unsaturated/α-hetero) is 1. The van der Waals surface area contributed by atoms with Crippen LogP contribution in [-0.2, 0) is 9.53 Å². The summed E-state index contributed by atoms with van der Waals surface area (Å²) in [6.45, 7) is 6.22. The fraction of sp³-hybridized carbons (Fsp3) is 0.333. The number of ether oxygens (including phenoxy) is 1. The second kappa shape index (κ2) is 8.82. The fourth-order valence-electron chi connectivity index (χ4n) is 2.61. The number of hydrogen-bond donors (Lipinski definition) is 0. The first kappa shape index (κ1) is 19.2. The summed E-state index contributed by atoms with van der Waals surface area (Å²) in [7, 11) is 0. The van der Waals surface area contributed by atoms with E-state index in [1.54, 1.807) is 36.4 Å². The summed E-state index contributed by atoms with van der Waals surface area (Å²) in [5, 5.41) is 0.348. The van der Waals surface area contributed by atoms with Crippen LogP contribution in [-0.4, -0.2) is 18.4 Å². The molecule has 2 rings (SSSR count). The average Bonchev–Trinajstić information content (AvgIpc) is 2.55. The Morgan fingerprint density at radius 1 is 1.04 bits per heavy atom. The molecule has 0 aliphatic heterocycles. The summed E-state index contributed by atoms with van der Waals surface area (Å²) < 4.78 is 5.39. The second-order valence-electron chi connectivity index (χ2n) is 6.49. The zero-order valence-electron chi connectivity index (χ0n) is 14.8. The lowest BCUT2D eigenvalue weighted by Crippen LogP contribution is -2.26. The number of rotatable bonds is 7. The molecule has 2 aromatic carbocycles. The van der Waals surface area contributed by atoms with Crippen LogP contribution < -0.4 is 0 Å². The molecule has 0 aromatic heterocycles. The standard InChI is InChI=1S/C21H23ClO3/c1-14(2)12-13-25-21(24)19(16-9-5-4-6-10-16)20(23)18-15(3)8-7-11-17(18)22/h4-11,14,19H,12-13H2,1-3H3. The molecule has 1 atom stereocenters. The Bertz CT molecular complexity index is 718. The normalized spacial score (nSPS) is 12.0. The Hall–Kier alpha value is -2.13. The van der Waals surface area contributed by atoms with Gasteiger partial charge >= 0.3 is 5.97 Å². The molecule has 0 saturated carbocycles. The van der Waals surface area contributed by atoms with Crippen LogP contribution in [0.25, 0.3) is 0 Å². The van der Waals surface area contributed by atoms with Crippen LogP contribution >= 0.6 is 11.6 Å². The molecule has 0 radical (unpaired) electrons. The summed E-state index contributed by atoms with van der Waals surface area (Å²) in [5.74, 6) is -1.45. The number of benzene rings is 2. The first-order valence-corrected chi connectivity index (χ1v) is 8.80. The molecule has 0 amide bonds. The summed E-state index contributed by atoms with van der Waals surface area (Å²) in [6, 6.07) is 14.2. The van der Waals surface area contributed by atoms with Crippen molar-refractivity contribution in [3.05, 3.63) is 70.2 Å². The number of esters is 1. The molecule has 0 aliphatic carbocycles. The second-order valence-corrected chi connectivity index (χ2v) is 6.90. The summed E-state index contributed by atoms with van der Waals surface area (Å²) >= 11 is 6.23. The van der Waals surface area contributed by atoms with Gasteiger partial charge in [-0.3, -0.25) is 9.59 Å². The zero-order valence-corrected chi connectivity index (χ0v) is 15.5. The summed E-state index contributed by atoms with van der Waals surface area (Å²) in [5.41, 5.74) is 1.73. The van der Waals surface area contributed by atoms with Crippen molar-refractivity contribution < 1.29 is 14.3 Å². The number of carbonyl (C=O) groups is 2. The van der Waals surface area contributed by atoms with E-state index in [2.05, 4.69) is 13.8 Å². The van der Waals surface area contributed by atoms with Crippen LogP contribution in [0.5, 0.6) is 0 Å². The minimum atomic E-state index is -1.01. The summed E-state index contributed by atoms with van der Waals surface area (Å²) in [6.07, 6.45) is 0.757. The predicted octanol–water partition coefficient (Wildman–Crippen LogP) is 5.20. The topological polar surface area (TPSA) is 43.4 Å². The van der Waals surface area contributed by atoms with E-state index in [1.165, 1.54) is 0 Å². The van der Waals surface area contributed by atoms with E-state index < -0.39 is 11.9 Å². The van der Waals surface area contributed by atoms with E-state index in [0.29, 0.717) is 28.7 Å². The van der Waals surface area contributed by atoms with Gasteiger partial charge in [0.05, 0.1) is 11.6 Å². The highest BCUT2D eigenvalue weighted by molar-refractivity contribution is 6.35. The first-order chi connectivity index (χ1) is 11.9. The molecule has 0 spiro atoms. The van der Waals surface area contributed by atoms with Crippen LogP contribution in [0.1, 0.15) is 47.7 Å². The van der Waals surface area contributed by atoms with Crippen molar-refractivity contribution in [1.29, 1.82) is 0 Å². The van der Waals surface area contributed by atoms with Gasteiger partial charge in [-0.25, -0.2) is 0 Å². The van der Waals surface area contributed by atoms with Crippen molar-refractivity contribution in [2.24, 2.45) is 5.92 Å². The van der Waals surface area contributed by atoms with Gasteiger partial charge in [-0.05, 0) is 36.5 Å². The molecular formula is C21H23ClO3. The van der Waals surface area contributed by atoms with Gasteiger partial charge in [-0.1, -0.05) is 67.9 Å². The third kappa shape index (κ3) is 4.93. The molecule has 0 heterocycles. The molecule has 2 aromatic rings. The molecule has 0 fully saturated rings. The molecule has 0 bridgehead atoms. The third-order valence-corrected chi connectivity index (χ3v) is 4.35. The van der Waals surface area contributed by atoms with Gasteiger partial charge in [-0.15, -0.1) is 0 Å². The molecule has 4 heteroatoms. The maximum atomic E-state index is 13.1. The van der Waals surface area contributed by atoms with Crippen LogP contribution in [0.4, 0.5) is 0 Å².